The summed E-state index contributed by atoms with van der Waals surface area (Å²) >= 11 is 0. The molecule has 3 nitrogen and oxygen atoms in total. The SMILES string of the molecule is COc1ccc([C@@H](C)NCc2cccc(-c3ccc(C)nc3)c2)cc1. The summed E-state index contributed by atoms with van der Waals surface area (Å²) in [5, 5.41) is 3.58. The first-order chi connectivity index (χ1) is 12.2. The van der Waals surface area contributed by atoms with E-state index in [-0.39, 0.29) is 6.04 Å². The number of benzene rings is 2. The van der Waals surface area contributed by atoms with E-state index >= 15 is 0 Å². The quantitative estimate of drug-likeness (QED) is 0.696. The van der Waals surface area contributed by atoms with Gasteiger partial charge in [-0.1, -0.05) is 36.4 Å². The van der Waals surface area contributed by atoms with Gasteiger partial charge in [0.2, 0.25) is 0 Å². The number of rotatable bonds is 6. The summed E-state index contributed by atoms with van der Waals surface area (Å²) in [6.45, 7) is 5.00. The average Bonchev–Trinajstić information content (AvgIpc) is 2.67. The smallest absolute Gasteiger partial charge is 0.118 e. The molecule has 1 atom stereocenters. The fourth-order valence-electron chi connectivity index (χ4n) is 2.78. The van der Waals surface area contributed by atoms with Crippen LogP contribution in [0.4, 0.5) is 0 Å². The van der Waals surface area contributed by atoms with Crippen LogP contribution in [-0.2, 0) is 6.54 Å². The number of pyridine rings is 1. The molecular weight excluding hydrogens is 308 g/mol. The molecule has 3 rings (SSSR count). The molecule has 1 N–H and O–H groups in total. The molecule has 3 heteroatoms. The summed E-state index contributed by atoms with van der Waals surface area (Å²) in [4.78, 5) is 4.39. The van der Waals surface area contributed by atoms with E-state index in [9.17, 15) is 0 Å². The predicted octanol–water partition coefficient (Wildman–Crippen LogP) is 4.92. The highest BCUT2D eigenvalue weighted by Crippen LogP contribution is 2.21. The summed E-state index contributed by atoms with van der Waals surface area (Å²) in [7, 11) is 1.69. The molecule has 0 aliphatic carbocycles. The number of aryl methyl sites for hydroxylation is 1. The van der Waals surface area contributed by atoms with Crippen molar-refractivity contribution >= 4 is 0 Å². The Morgan fingerprint density at radius 2 is 1.80 bits per heavy atom. The van der Waals surface area contributed by atoms with Gasteiger partial charge < -0.3 is 10.1 Å². The van der Waals surface area contributed by atoms with Crippen LogP contribution in [-0.4, -0.2) is 12.1 Å². The Kier molecular flexibility index (Phi) is 5.46. The molecule has 0 bridgehead atoms. The zero-order chi connectivity index (χ0) is 17.6. The molecule has 0 saturated heterocycles. The maximum Gasteiger partial charge on any atom is 0.118 e. The van der Waals surface area contributed by atoms with Crippen LogP contribution >= 0.6 is 0 Å². The molecule has 128 valence electrons. The highest BCUT2D eigenvalue weighted by atomic mass is 16.5. The molecule has 1 aromatic heterocycles. The van der Waals surface area contributed by atoms with Crippen LogP contribution in [0.1, 0.15) is 29.8 Å². The van der Waals surface area contributed by atoms with Crippen LogP contribution in [0.5, 0.6) is 5.75 Å². The molecule has 0 spiro atoms. The first-order valence-electron chi connectivity index (χ1n) is 8.55. The summed E-state index contributed by atoms with van der Waals surface area (Å²) in [6, 6.07) is 21.2. The number of nitrogens with zero attached hydrogens (tertiary/aromatic N) is 1. The zero-order valence-corrected chi connectivity index (χ0v) is 15.0. The van der Waals surface area contributed by atoms with Crippen molar-refractivity contribution in [3.8, 4) is 16.9 Å². The van der Waals surface area contributed by atoms with Crippen molar-refractivity contribution in [2.45, 2.75) is 26.4 Å². The lowest BCUT2D eigenvalue weighted by molar-refractivity contribution is 0.414. The van der Waals surface area contributed by atoms with Crippen molar-refractivity contribution in [2.75, 3.05) is 7.11 Å². The topological polar surface area (TPSA) is 34.1 Å². The van der Waals surface area contributed by atoms with Gasteiger partial charge in [0.05, 0.1) is 7.11 Å². The molecule has 0 radical (unpaired) electrons. The highest BCUT2D eigenvalue weighted by Gasteiger charge is 2.06. The van der Waals surface area contributed by atoms with Crippen molar-refractivity contribution < 1.29 is 4.74 Å². The largest absolute Gasteiger partial charge is 0.497 e. The third kappa shape index (κ3) is 4.46. The second-order valence-electron chi connectivity index (χ2n) is 6.26. The van der Waals surface area contributed by atoms with E-state index in [1.54, 1.807) is 7.11 Å². The van der Waals surface area contributed by atoms with E-state index in [1.165, 1.54) is 16.7 Å². The lowest BCUT2D eigenvalue weighted by atomic mass is 10.0. The molecule has 0 fully saturated rings. The summed E-state index contributed by atoms with van der Waals surface area (Å²) < 4.78 is 5.22. The van der Waals surface area contributed by atoms with E-state index < -0.39 is 0 Å². The fourth-order valence-corrected chi connectivity index (χ4v) is 2.78. The molecule has 0 aliphatic heterocycles. The van der Waals surface area contributed by atoms with Crippen LogP contribution < -0.4 is 10.1 Å². The van der Waals surface area contributed by atoms with Gasteiger partial charge in [-0.05, 0) is 54.8 Å². The highest BCUT2D eigenvalue weighted by molar-refractivity contribution is 5.63. The van der Waals surface area contributed by atoms with Crippen LogP contribution in [0.3, 0.4) is 0 Å². The first-order valence-corrected chi connectivity index (χ1v) is 8.55. The fraction of sp³-hybridized carbons (Fsp3) is 0.227. The monoisotopic (exact) mass is 332 g/mol. The minimum Gasteiger partial charge on any atom is -0.497 e. The van der Waals surface area contributed by atoms with Crippen molar-refractivity contribution in [1.82, 2.24) is 10.3 Å². The van der Waals surface area contributed by atoms with Crippen molar-refractivity contribution in [3.63, 3.8) is 0 Å². The standard InChI is InChI=1S/C22H24N2O/c1-16-7-8-21(15-23-16)20-6-4-5-18(13-20)14-24-17(2)19-9-11-22(25-3)12-10-19/h4-13,15,17,24H,14H2,1-3H3/t17-/m1/s1. The number of hydrogen-bond acceptors (Lipinski definition) is 3. The van der Waals surface area contributed by atoms with E-state index in [4.69, 9.17) is 4.74 Å². The minimum atomic E-state index is 0.274. The van der Waals surface area contributed by atoms with Gasteiger partial charge >= 0.3 is 0 Å². The van der Waals surface area contributed by atoms with Crippen LogP contribution in [0, 0.1) is 6.92 Å². The van der Waals surface area contributed by atoms with Crippen LogP contribution in [0.15, 0.2) is 66.9 Å². The number of aromatic nitrogens is 1. The predicted molar refractivity (Wildman–Crippen MR) is 103 cm³/mol. The van der Waals surface area contributed by atoms with Gasteiger partial charge in [-0.25, -0.2) is 0 Å². The second-order valence-corrected chi connectivity index (χ2v) is 6.26. The molecule has 25 heavy (non-hydrogen) atoms. The Morgan fingerprint density at radius 3 is 2.48 bits per heavy atom. The Labute approximate surface area is 149 Å². The minimum absolute atomic E-state index is 0.274. The number of methoxy groups -OCH3 is 1. The molecule has 0 unspecified atom stereocenters. The number of ether oxygens (including phenoxy) is 1. The number of hydrogen-bond donors (Lipinski definition) is 1. The Hall–Kier alpha value is -2.65. The van der Waals surface area contributed by atoms with Crippen molar-refractivity contribution in [1.29, 1.82) is 0 Å². The van der Waals surface area contributed by atoms with Gasteiger partial charge in [0.1, 0.15) is 5.75 Å². The Morgan fingerprint density at radius 1 is 1.00 bits per heavy atom. The molecule has 0 amide bonds. The summed E-state index contributed by atoms with van der Waals surface area (Å²) in [5.74, 6) is 0.885. The van der Waals surface area contributed by atoms with Gasteiger partial charge in [-0.3, -0.25) is 4.98 Å². The van der Waals surface area contributed by atoms with Crippen molar-refractivity contribution in [2.24, 2.45) is 0 Å². The molecular formula is C22H24N2O. The lowest BCUT2D eigenvalue weighted by Crippen LogP contribution is -2.18. The molecule has 2 aromatic carbocycles. The van der Waals surface area contributed by atoms with Gasteiger partial charge in [0, 0.05) is 30.0 Å². The average molecular weight is 332 g/mol. The van der Waals surface area contributed by atoms with E-state index in [0.29, 0.717) is 0 Å². The van der Waals surface area contributed by atoms with Crippen LogP contribution in [0.25, 0.3) is 11.1 Å². The number of nitrogens with one attached hydrogen (secondary N) is 1. The van der Waals surface area contributed by atoms with Gasteiger partial charge in [0.25, 0.3) is 0 Å². The molecule has 3 aromatic rings. The first kappa shape index (κ1) is 17.2. The molecule has 0 aliphatic rings. The summed E-state index contributed by atoms with van der Waals surface area (Å²) in [5.41, 5.74) is 5.90. The summed E-state index contributed by atoms with van der Waals surface area (Å²) in [6.07, 6.45) is 1.93. The van der Waals surface area contributed by atoms with Crippen molar-refractivity contribution in [3.05, 3.63) is 83.7 Å². The normalized spacial score (nSPS) is 12.0. The van der Waals surface area contributed by atoms with Crippen LogP contribution in [0.2, 0.25) is 0 Å². The second kappa shape index (κ2) is 7.95. The van der Waals surface area contributed by atoms with Gasteiger partial charge in [-0.2, -0.15) is 0 Å². The Balaban J connectivity index is 1.66. The third-order valence-electron chi connectivity index (χ3n) is 4.40. The van der Waals surface area contributed by atoms with E-state index in [1.807, 2.05) is 31.3 Å². The zero-order valence-electron chi connectivity index (χ0n) is 15.0. The maximum absolute atomic E-state index is 5.22. The van der Waals surface area contributed by atoms with E-state index in [2.05, 4.69) is 59.7 Å². The lowest BCUT2D eigenvalue weighted by Gasteiger charge is -2.15. The Bertz CT molecular complexity index is 810. The van der Waals surface area contributed by atoms with E-state index in [0.717, 1.165) is 23.6 Å². The third-order valence-corrected chi connectivity index (χ3v) is 4.40. The maximum atomic E-state index is 5.22. The molecule has 1 heterocycles. The van der Waals surface area contributed by atoms with Gasteiger partial charge in [0.15, 0.2) is 0 Å². The molecule has 0 saturated carbocycles. The van der Waals surface area contributed by atoms with Gasteiger partial charge in [-0.15, -0.1) is 0 Å².